The number of methoxy groups -OCH3 is 1. The predicted molar refractivity (Wildman–Crippen MR) is 126 cm³/mol. The first-order chi connectivity index (χ1) is 15.2. The minimum Gasteiger partial charge on any atom is -0.469 e. The summed E-state index contributed by atoms with van der Waals surface area (Å²) >= 11 is 0. The number of carbonyl (C=O) groups is 1. The SMILES string of the molecule is COC(=O)CC[C@@H](C)[C@H]1CCC2C3C(CC[C@@]21C)[C@@]1(C)CC[C@@H](NCCO)C[C@H]1C[C@H]3O. The molecule has 4 rings (SSSR count). The number of aliphatic hydroxyl groups is 2. The van der Waals surface area contributed by atoms with E-state index < -0.39 is 0 Å². The molecule has 184 valence electrons. The molecule has 3 N–H and O–H groups in total. The summed E-state index contributed by atoms with van der Waals surface area (Å²) in [6, 6.07) is 0.490. The lowest BCUT2D eigenvalue weighted by Crippen LogP contribution is -2.59. The van der Waals surface area contributed by atoms with E-state index in [9.17, 15) is 15.0 Å². The van der Waals surface area contributed by atoms with Crippen molar-refractivity contribution in [1.29, 1.82) is 0 Å². The van der Waals surface area contributed by atoms with Crippen molar-refractivity contribution in [3.8, 4) is 0 Å². The number of ether oxygens (including phenoxy) is 1. The number of aliphatic hydroxyl groups excluding tert-OH is 2. The number of esters is 1. The van der Waals surface area contributed by atoms with E-state index in [2.05, 4.69) is 26.1 Å². The Labute approximate surface area is 195 Å². The van der Waals surface area contributed by atoms with Crippen LogP contribution in [0.4, 0.5) is 0 Å². The van der Waals surface area contributed by atoms with Crippen LogP contribution in [-0.4, -0.2) is 48.6 Å². The Morgan fingerprint density at radius 2 is 1.81 bits per heavy atom. The van der Waals surface area contributed by atoms with E-state index in [1.807, 2.05) is 0 Å². The number of hydrogen-bond acceptors (Lipinski definition) is 5. The fraction of sp³-hybridized carbons (Fsp3) is 0.963. The number of fused-ring (bicyclic) bond motifs is 5. The van der Waals surface area contributed by atoms with Crippen LogP contribution in [-0.2, 0) is 9.53 Å². The Hall–Kier alpha value is -0.650. The second-order valence-corrected chi connectivity index (χ2v) is 12.3. The van der Waals surface area contributed by atoms with E-state index in [1.54, 1.807) is 0 Å². The van der Waals surface area contributed by atoms with E-state index in [1.165, 1.54) is 45.6 Å². The van der Waals surface area contributed by atoms with Crippen molar-refractivity contribution < 1.29 is 19.7 Å². The van der Waals surface area contributed by atoms with Gasteiger partial charge in [0.1, 0.15) is 0 Å². The number of nitrogens with one attached hydrogen (secondary N) is 1. The molecule has 4 saturated carbocycles. The lowest BCUT2D eigenvalue weighted by Gasteiger charge is -2.62. The quantitative estimate of drug-likeness (QED) is 0.509. The molecule has 0 aromatic rings. The maximum atomic E-state index is 11.7. The summed E-state index contributed by atoms with van der Waals surface area (Å²) in [7, 11) is 1.48. The Bertz CT molecular complexity index is 670. The van der Waals surface area contributed by atoms with Crippen molar-refractivity contribution in [2.45, 2.75) is 97.1 Å². The normalized spacial score (nSPS) is 46.6. The van der Waals surface area contributed by atoms with Gasteiger partial charge in [-0.3, -0.25) is 4.79 Å². The Morgan fingerprint density at radius 3 is 2.53 bits per heavy atom. The molecule has 4 aliphatic carbocycles. The molecular formula is C27H47NO4. The van der Waals surface area contributed by atoms with Gasteiger partial charge in [0.2, 0.25) is 0 Å². The summed E-state index contributed by atoms with van der Waals surface area (Å²) in [6.45, 7) is 8.27. The van der Waals surface area contributed by atoms with Gasteiger partial charge in [-0.1, -0.05) is 20.8 Å². The Kier molecular flexibility index (Phi) is 7.30. The monoisotopic (exact) mass is 449 g/mol. The summed E-state index contributed by atoms with van der Waals surface area (Å²) < 4.78 is 4.88. The van der Waals surface area contributed by atoms with Crippen LogP contribution >= 0.6 is 0 Å². The van der Waals surface area contributed by atoms with Crippen molar-refractivity contribution in [1.82, 2.24) is 5.32 Å². The van der Waals surface area contributed by atoms with Gasteiger partial charge < -0.3 is 20.3 Å². The molecule has 3 unspecified atom stereocenters. The number of carbonyl (C=O) groups excluding carboxylic acids is 1. The van der Waals surface area contributed by atoms with Crippen LogP contribution in [0.1, 0.15) is 85.0 Å². The minimum absolute atomic E-state index is 0.0917. The average molecular weight is 450 g/mol. The maximum absolute atomic E-state index is 11.7. The Balaban J connectivity index is 1.48. The minimum atomic E-state index is -0.177. The molecule has 0 amide bonds. The van der Waals surface area contributed by atoms with Crippen molar-refractivity contribution in [2.75, 3.05) is 20.3 Å². The zero-order chi connectivity index (χ0) is 23.1. The molecule has 0 aromatic heterocycles. The number of hydrogen-bond donors (Lipinski definition) is 3. The molecule has 0 spiro atoms. The highest BCUT2D eigenvalue weighted by atomic mass is 16.5. The first kappa shape index (κ1) is 24.5. The van der Waals surface area contributed by atoms with Crippen molar-refractivity contribution in [3.05, 3.63) is 0 Å². The molecule has 4 aliphatic rings. The molecule has 0 saturated heterocycles. The standard InChI is InChI=1S/C27H47NO4/c1-17(5-8-24(31)32-4)20-6-7-21-25-22(10-12-27(20,21)3)26(2)11-9-19(28-13-14-29)15-18(26)16-23(25)30/h17-23,25,28-30H,5-16H2,1-4H3/t17-,18+,19-,20-,21?,22?,23-,25?,26+,27-/m1/s1. The largest absolute Gasteiger partial charge is 0.469 e. The fourth-order valence-electron chi connectivity index (χ4n) is 9.30. The average Bonchev–Trinajstić information content (AvgIpc) is 3.13. The molecule has 0 bridgehead atoms. The lowest BCUT2D eigenvalue weighted by molar-refractivity contribution is -0.167. The second kappa shape index (κ2) is 9.54. The number of rotatable bonds is 7. The molecule has 10 atom stereocenters. The van der Waals surface area contributed by atoms with E-state index in [4.69, 9.17) is 4.74 Å². The lowest BCUT2D eigenvalue weighted by atomic mass is 9.43. The third kappa shape index (κ3) is 4.15. The van der Waals surface area contributed by atoms with Gasteiger partial charge in [-0.2, -0.15) is 0 Å². The van der Waals surface area contributed by atoms with E-state index in [0.717, 1.165) is 19.3 Å². The van der Waals surface area contributed by atoms with E-state index >= 15 is 0 Å². The molecule has 0 aliphatic heterocycles. The maximum Gasteiger partial charge on any atom is 0.305 e. The van der Waals surface area contributed by atoms with Gasteiger partial charge in [0.15, 0.2) is 0 Å². The zero-order valence-electron chi connectivity index (χ0n) is 20.8. The second-order valence-electron chi connectivity index (χ2n) is 12.3. The van der Waals surface area contributed by atoms with Gasteiger partial charge in [-0.15, -0.1) is 0 Å². The highest BCUT2D eigenvalue weighted by Crippen LogP contribution is 2.68. The van der Waals surface area contributed by atoms with Crippen molar-refractivity contribution in [2.24, 2.45) is 46.3 Å². The van der Waals surface area contributed by atoms with Crippen LogP contribution in [0.3, 0.4) is 0 Å². The topological polar surface area (TPSA) is 78.8 Å². The van der Waals surface area contributed by atoms with Crippen molar-refractivity contribution >= 4 is 5.97 Å². The van der Waals surface area contributed by atoms with Crippen LogP contribution in [0.15, 0.2) is 0 Å². The molecule has 4 fully saturated rings. The molecular weight excluding hydrogens is 402 g/mol. The molecule has 5 heteroatoms. The van der Waals surface area contributed by atoms with Crippen LogP contribution in [0.2, 0.25) is 0 Å². The molecule has 0 aromatic carbocycles. The summed E-state index contributed by atoms with van der Waals surface area (Å²) in [5.74, 6) is 3.36. The molecule has 5 nitrogen and oxygen atoms in total. The highest BCUT2D eigenvalue weighted by Gasteiger charge is 2.62. The van der Waals surface area contributed by atoms with Crippen LogP contribution in [0.25, 0.3) is 0 Å². The fourth-order valence-corrected chi connectivity index (χ4v) is 9.30. The van der Waals surface area contributed by atoms with Gasteiger partial charge >= 0.3 is 5.97 Å². The predicted octanol–water partition coefficient (Wildman–Crippen LogP) is 4.16. The van der Waals surface area contributed by atoms with Gasteiger partial charge in [0.05, 0.1) is 19.8 Å². The van der Waals surface area contributed by atoms with Gasteiger partial charge in [-0.25, -0.2) is 0 Å². The van der Waals surface area contributed by atoms with Gasteiger partial charge in [-0.05, 0) is 104 Å². The van der Waals surface area contributed by atoms with Crippen molar-refractivity contribution in [3.63, 3.8) is 0 Å². The summed E-state index contributed by atoms with van der Waals surface area (Å²) in [4.78, 5) is 11.7. The summed E-state index contributed by atoms with van der Waals surface area (Å²) in [5.41, 5.74) is 0.637. The van der Waals surface area contributed by atoms with Crippen LogP contribution in [0, 0.1) is 46.3 Å². The van der Waals surface area contributed by atoms with Gasteiger partial charge in [0.25, 0.3) is 0 Å². The van der Waals surface area contributed by atoms with E-state index in [-0.39, 0.29) is 18.7 Å². The summed E-state index contributed by atoms with van der Waals surface area (Å²) in [6.07, 6.45) is 10.8. The van der Waals surface area contributed by atoms with Crippen LogP contribution in [0.5, 0.6) is 0 Å². The summed E-state index contributed by atoms with van der Waals surface area (Å²) in [5, 5.41) is 24.2. The first-order valence-electron chi connectivity index (χ1n) is 13.3. The third-order valence-electron chi connectivity index (χ3n) is 11.0. The molecule has 32 heavy (non-hydrogen) atoms. The zero-order valence-corrected chi connectivity index (χ0v) is 20.8. The van der Waals surface area contributed by atoms with E-state index in [0.29, 0.717) is 65.3 Å². The highest BCUT2D eigenvalue weighted by molar-refractivity contribution is 5.69. The first-order valence-corrected chi connectivity index (χ1v) is 13.3. The molecule has 0 radical (unpaired) electrons. The smallest absolute Gasteiger partial charge is 0.305 e. The van der Waals surface area contributed by atoms with Gasteiger partial charge in [0, 0.05) is 19.0 Å². The molecule has 0 heterocycles. The third-order valence-corrected chi connectivity index (χ3v) is 11.0. The Morgan fingerprint density at radius 1 is 1.09 bits per heavy atom. The van der Waals surface area contributed by atoms with Crippen LogP contribution < -0.4 is 5.32 Å².